The molecule has 0 spiro atoms. The van der Waals surface area contributed by atoms with Gasteiger partial charge < -0.3 is 4.84 Å². The zero-order valence-corrected chi connectivity index (χ0v) is 5.85. The van der Waals surface area contributed by atoms with Crippen LogP contribution in [0.2, 0.25) is 0 Å². The van der Waals surface area contributed by atoms with Crippen LogP contribution in [0.15, 0.2) is 0 Å². The standard InChI is InChI=1S/C2H4ClNO7/c5-3(6,7)10-1-2-11-4(8)9/h1-2H2. The highest BCUT2D eigenvalue weighted by molar-refractivity contribution is 4.14. The summed E-state index contributed by atoms with van der Waals surface area (Å²) in [6.45, 7) is -1.27. The molecular formula is C2H4ClNO7. The summed E-state index contributed by atoms with van der Waals surface area (Å²) in [7, 11) is -4.52. The van der Waals surface area contributed by atoms with Gasteiger partial charge in [-0.15, -0.1) is 10.1 Å². The molecule has 9 heteroatoms. The van der Waals surface area contributed by atoms with Gasteiger partial charge in [-0.3, -0.25) is 0 Å². The average Bonchev–Trinajstić information content (AvgIpc) is 1.78. The lowest BCUT2D eigenvalue weighted by molar-refractivity contribution is -1.92. The SMILES string of the molecule is O=[N+]([O-])OCCO[Cl+3]([O-])([O-])[O-]. The molecule has 0 unspecified atom stereocenters. The van der Waals surface area contributed by atoms with Crippen LogP contribution in [0.4, 0.5) is 0 Å². The molecule has 0 fully saturated rings. The number of nitrogens with zero attached hydrogens (tertiary/aromatic N) is 1. The second kappa shape index (κ2) is 4.26. The van der Waals surface area contributed by atoms with E-state index in [1.807, 2.05) is 0 Å². The summed E-state index contributed by atoms with van der Waals surface area (Å²) < 4.78 is 32.5. The molecule has 0 saturated carbocycles. The Kier molecular flexibility index (Phi) is 4.00. The molecule has 8 nitrogen and oxygen atoms in total. The third-order valence-corrected chi connectivity index (χ3v) is 0.912. The molecule has 0 N–H and O–H groups in total. The van der Waals surface area contributed by atoms with Crippen LogP contribution in [0.5, 0.6) is 0 Å². The van der Waals surface area contributed by atoms with Gasteiger partial charge in [0.15, 0.2) is 0 Å². The van der Waals surface area contributed by atoms with Gasteiger partial charge in [-0.25, -0.2) is 0 Å². The molecule has 0 radical (unpaired) electrons. The molecule has 11 heavy (non-hydrogen) atoms. The first-order valence-electron chi connectivity index (χ1n) is 2.24. The van der Waals surface area contributed by atoms with Crippen LogP contribution >= 0.6 is 0 Å². The fourth-order valence-electron chi connectivity index (χ4n) is 0.238. The van der Waals surface area contributed by atoms with Crippen molar-refractivity contribution in [2.75, 3.05) is 13.2 Å². The summed E-state index contributed by atoms with van der Waals surface area (Å²) in [6.07, 6.45) is 0. The summed E-state index contributed by atoms with van der Waals surface area (Å²) in [5, 5.41) is 8.29. The Balaban J connectivity index is 3.22. The van der Waals surface area contributed by atoms with Crippen LogP contribution in [0.25, 0.3) is 0 Å². The molecule has 0 aromatic rings. The minimum absolute atomic E-state index is 0.596. The van der Waals surface area contributed by atoms with E-state index < -0.39 is 28.5 Å². The lowest BCUT2D eigenvalue weighted by Crippen LogP contribution is -2.61. The molecule has 0 rings (SSSR count). The Morgan fingerprint density at radius 3 is 2.18 bits per heavy atom. The Labute approximate surface area is 62.8 Å². The molecule has 0 saturated heterocycles. The molecule has 0 aliphatic rings. The van der Waals surface area contributed by atoms with Crippen LogP contribution in [-0.2, 0) is 9.13 Å². The number of hydrogen-bond acceptors (Lipinski definition) is 7. The van der Waals surface area contributed by atoms with E-state index in [0.29, 0.717) is 0 Å². The second-order valence-electron chi connectivity index (χ2n) is 1.25. The first kappa shape index (κ1) is 10.3. The van der Waals surface area contributed by atoms with E-state index in [1.54, 1.807) is 0 Å². The average molecular weight is 190 g/mol. The number of hydrogen-bond donors (Lipinski definition) is 0. The Morgan fingerprint density at radius 2 is 1.82 bits per heavy atom. The Morgan fingerprint density at radius 1 is 1.27 bits per heavy atom. The molecule has 0 aromatic carbocycles. The van der Waals surface area contributed by atoms with E-state index in [2.05, 4.69) is 9.13 Å². The van der Waals surface area contributed by atoms with Crippen molar-refractivity contribution in [1.82, 2.24) is 0 Å². The van der Waals surface area contributed by atoms with Gasteiger partial charge in [0.25, 0.3) is 5.09 Å². The molecule has 0 aliphatic carbocycles. The molecule has 0 aromatic heterocycles. The smallest absolute Gasteiger partial charge is 0.294 e. The van der Waals surface area contributed by atoms with E-state index in [-0.39, 0.29) is 0 Å². The fraction of sp³-hybridized carbons (Fsp3) is 1.00. The van der Waals surface area contributed by atoms with Gasteiger partial charge >= 0.3 is 0 Å². The van der Waals surface area contributed by atoms with Crippen LogP contribution in [0.1, 0.15) is 0 Å². The Bertz CT molecular complexity index is 131. The van der Waals surface area contributed by atoms with Gasteiger partial charge in [-0.1, -0.05) is 0 Å². The molecule has 0 amide bonds. The highest BCUT2D eigenvalue weighted by atomic mass is 35.7. The maximum Gasteiger partial charge on any atom is 0.294 e. The van der Waals surface area contributed by atoms with Gasteiger partial charge in [0.1, 0.15) is 6.61 Å². The minimum atomic E-state index is -4.52. The van der Waals surface area contributed by atoms with Crippen molar-refractivity contribution in [2.45, 2.75) is 0 Å². The monoisotopic (exact) mass is 189 g/mol. The first-order chi connectivity index (χ1) is 4.92. The molecule has 0 aliphatic heterocycles. The summed E-state index contributed by atoms with van der Waals surface area (Å²) in [5.41, 5.74) is 0. The highest BCUT2D eigenvalue weighted by Gasteiger charge is 2.16. The molecular weight excluding hydrogens is 185 g/mol. The van der Waals surface area contributed by atoms with Crippen molar-refractivity contribution in [2.24, 2.45) is 0 Å². The van der Waals surface area contributed by atoms with Crippen molar-refractivity contribution in [3.63, 3.8) is 0 Å². The maximum absolute atomic E-state index is 9.64. The van der Waals surface area contributed by atoms with E-state index in [9.17, 15) is 24.1 Å². The van der Waals surface area contributed by atoms with E-state index >= 15 is 0 Å². The van der Waals surface area contributed by atoms with E-state index in [1.165, 1.54) is 0 Å². The third kappa shape index (κ3) is 9.33. The van der Waals surface area contributed by atoms with Gasteiger partial charge in [-0.05, 0) is 0 Å². The first-order valence-corrected chi connectivity index (χ1v) is 3.48. The van der Waals surface area contributed by atoms with Gasteiger partial charge in [0, 0.05) is 0 Å². The van der Waals surface area contributed by atoms with Crippen LogP contribution in [0, 0.1) is 20.4 Å². The summed E-state index contributed by atoms with van der Waals surface area (Å²) >= 11 is 0. The van der Waals surface area contributed by atoms with Crippen molar-refractivity contribution < 1.29 is 38.4 Å². The van der Waals surface area contributed by atoms with Crippen molar-refractivity contribution >= 4 is 0 Å². The van der Waals surface area contributed by atoms with Crippen molar-refractivity contribution in [3.05, 3.63) is 10.1 Å². The number of rotatable bonds is 5. The van der Waals surface area contributed by atoms with Gasteiger partial charge in [-0.2, -0.15) is 14.0 Å². The van der Waals surface area contributed by atoms with Gasteiger partial charge in [0.05, 0.1) is 14.5 Å². The number of halogens is 1. The summed E-state index contributed by atoms with van der Waals surface area (Å²) in [6, 6.07) is 0. The minimum Gasteiger partial charge on any atom is -0.311 e. The lowest BCUT2D eigenvalue weighted by Gasteiger charge is -2.11. The Hall–Kier alpha value is -0.670. The zero-order valence-electron chi connectivity index (χ0n) is 5.10. The van der Waals surface area contributed by atoms with E-state index in [4.69, 9.17) is 0 Å². The van der Waals surface area contributed by atoms with Crippen LogP contribution in [-0.4, -0.2) is 18.3 Å². The fourth-order valence-corrected chi connectivity index (χ4v) is 0.490. The largest absolute Gasteiger partial charge is 0.311 e. The highest BCUT2D eigenvalue weighted by Crippen LogP contribution is 1.87. The summed E-state index contributed by atoms with van der Waals surface area (Å²) in [4.78, 5) is 13.0. The molecule has 0 atom stereocenters. The predicted molar refractivity (Wildman–Crippen MR) is 18.9 cm³/mol. The molecule has 0 heterocycles. The van der Waals surface area contributed by atoms with Crippen molar-refractivity contribution in [1.29, 1.82) is 0 Å². The maximum atomic E-state index is 9.64. The quantitative estimate of drug-likeness (QED) is 0.245. The van der Waals surface area contributed by atoms with Crippen LogP contribution < -0.4 is 14.0 Å². The second-order valence-corrected chi connectivity index (χ2v) is 2.22. The van der Waals surface area contributed by atoms with Gasteiger partial charge in [0.2, 0.25) is 6.61 Å². The normalized spacial score (nSPS) is 11.2. The lowest BCUT2D eigenvalue weighted by atomic mass is 10.8. The predicted octanol–water partition coefficient (Wildman–Crippen LogP) is -3.89. The van der Waals surface area contributed by atoms with Crippen molar-refractivity contribution in [3.8, 4) is 0 Å². The molecule has 0 bridgehead atoms. The topological polar surface area (TPSA) is 131 Å². The van der Waals surface area contributed by atoms with E-state index in [0.717, 1.165) is 0 Å². The molecule has 66 valence electrons. The summed E-state index contributed by atoms with van der Waals surface area (Å²) in [5.74, 6) is 0. The zero-order chi connectivity index (χ0) is 8.91. The third-order valence-electron chi connectivity index (χ3n) is 0.491. The van der Waals surface area contributed by atoms with Crippen LogP contribution in [0.3, 0.4) is 0 Å².